The molecule has 0 amide bonds. The molecular weight excluding hydrogens is 320 g/mol. The molecule has 0 aromatic heterocycles. The highest BCUT2D eigenvalue weighted by Crippen LogP contribution is 2.27. The molecule has 6 N–H and O–H groups in total. The molecular formula is C12H18O11. The van der Waals surface area contributed by atoms with E-state index in [0.717, 1.165) is 0 Å². The van der Waals surface area contributed by atoms with Gasteiger partial charge in [-0.1, -0.05) is 0 Å². The maximum absolute atomic E-state index is 11.7. The van der Waals surface area contributed by atoms with Gasteiger partial charge in [-0.3, -0.25) is 4.79 Å². The molecule has 0 saturated carbocycles. The van der Waals surface area contributed by atoms with Crippen molar-refractivity contribution < 1.29 is 54.4 Å². The number of aliphatic hydroxyl groups is 6. The van der Waals surface area contributed by atoms with Crippen LogP contribution < -0.4 is 0 Å². The Morgan fingerprint density at radius 1 is 1.09 bits per heavy atom. The van der Waals surface area contributed by atoms with Crippen LogP contribution in [0.25, 0.3) is 0 Å². The van der Waals surface area contributed by atoms with E-state index in [2.05, 4.69) is 4.74 Å². The fourth-order valence-corrected chi connectivity index (χ4v) is 2.36. The van der Waals surface area contributed by atoms with E-state index in [-0.39, 0.29) is 0 Å². The van der Waals surface area contributed by atoms with Crippen LogP contribution in [-0.4, -0.2) is 105 Å². The lowest BCUT2D eigenvalue weighted by atomic mass is 9.99. The third-order valence-electron chi connectivity index (χ3n) is 3.70. The zero-order valence-electron chi connectivity index (χ0n) is 11.8. The molecule has 2 aliphatic heterocycles. The Bertz CT molecular complexity index is 452. The summed E-state index contributed by atoms with van der Waals surface area (Å²) < 4.78 is 14.7. The van der Waals surface area contributed by atoms with Gasteiger partial charge in [0, 0.05) is 0 Å². The van der Waals surface area contributed by atoms with Crippen molar-refractivity contribution in [2.45, 2.75) is 49.0 Å². The first-order valence-corrected chi connectivity index (χ1v) is 6.81. The number of ether oxygens (including phenoxy) is 3. The molecule has 2 unspecified atom stereocenters. The first-order chi connectivity index (χ1) is 10.8. The number of Topliss-reactive ketones (excluding diaryl/α,β-unsaturated/α-hetero) is 1. The number of carbonyl (C=O) groups excluding carboxylic acids is 2. The Kier molecular flexibility index (Phi) is 5.65. The summed E-state index contributed by atoms with van der Waals surface area (Å²) in [5.74, 6) is -2.46. The predicted molar refractivity (Wildman–Crippen MR) is 66.6 cm³/mol. The number of aliphatic hydroxyl groups excluding tert-OH is 6. The first-order valence-electron chi connectivity index (χ1n) is 6.81. The molecule has 0 bridgehead atoms. The summed E-state index contributed by atoms with van der Waals surface area (Å²) in [6.45, 7) is -1.53. The number of carbonyl (C=O) groups is 2. The molecule has 0 spiro atoms. The molecule has 0 radical (unpaired) electrons. The van der Waals surface area contributed by atoms with Crippen molar-refractivity contribution in [3.63, 3.8) is 0 Å². The molecule has 2 heterocycles. The number of hydrogen-bond acceptors (Lipinski definition) is 11. The van der Waals surface area contributed by atoms with E-state index in [1.807, 2.05) is 0 Å². The second-order valence-corrected chi connectivity index (χ2v) is 5.24. The van der Waals surface area contributed by atoms with E-state index in [9.17, 15) is 30.0 Å². The molecule has 0 aliphatic carbocycles. The largest absolute Gasteiger partial charge is 0.450 e. The van der Waals surface area contributed by atoms with Crippen molar-refractivity contribution in [2.24, 2.45) is 0 Å². The highest BCUT2D eigenvalue weighted by molar-refractivity contribution is 6.37. The molecule has 2 aliphatic rings. The van der Waals surface area contributed by atoms with Crippen LogP contribution in [0.5, 0.6) is 0 Å². The lowest BCUT2D eigenvalue weighted by Gasteiger charge is -2.40. The molecule has 23 heavy (non-hydrogen) atoms. The van der Waals surface area contributed by atoms with E-state index in [1.165, 1.54) is 0 Å². The maximum Gasteiger partial charge on any atom is 0.378 e. The lowest BCUT2D eigenvalue weighted by molar-refractivity contribution is -0.312. The fourth-order valence-electron chi connectivity index (χ4n) is 2.36. The molecule has 2 saturated heterocycles. The number of esters is 1. The average molecular weight is 338 g/mol. The van der Waals surface area contributed by atoms with Gasteiger partial charge in [0.15, 0.2) is 18.5 Å². The highest BCUT2D eigenvalue weighted by Gasteiger charge is 2.52. The molecule has 8 atom stereocenters. The van der Waals surface area contributed by atoms with Gasteiger partial charge < -0.3 is 44.8 Å². The summed E-state index contributed by atoms with van der Waals surface area (Å²) >= 11 is 0. The predicted octanol–water partition coefficient (Wildman–Crippen LogP) is -4.98. The van der Waals surface area contributed by atoms with Gasteiger partial charge in [-0.25, -0.2) is 4.79 Å². The van der Waals surface area contributed by atoms with Gasteiger partial charge in [-0.05, 0) is 0 Å². The van der Waals surface area contributed by atoms with Crippen LogP contribution in [0.3, 0.4) is 0 Å². The molecule has 2 rings (SSSR count). The fraction of sp³-hybridized carbons (Fsp3) is 0.833. The summed E-state index contributed by atoms with van der Waals surface area (Å²) in [6.07, 6.45) is -12.9. The van der Waals surface area contributed by atoms with E-state index in [4.69, 9.17) is 19.7 Å². The van der Waals surface area contributed by atoms with Crippen LogP contribution in [0.1, 0.15) is 0 Å². The molecule has 2 fully saturated rings. The Morgan fingerprint density at radius 3 is 2.30 bits per heavy atom. The Labute approximate surface area is 129 Å². The third-order valence-corrected chi connectivity index (χ3v) is 3.70. The summed E-state index contributed by atoms with van der Waals surface area (Å²) in [6, 6.07) is 0. The Hall–Kier alpha value is -1.18. The van der Waals surface area contributed by atoms with Gasteiger partial charge >= 0.3 is 5.97 Å². The van der Waals surface area contributed by atoms with E-state index < -0.39 is 74.0 Å². The minimum atomic E-state index is -1.79. The molecule has 0 aromatic carbocycles. The van der Waals surface area contributed by atoms with Crippen molar-refractivity contribution in [3.8, 4) is 0 Å². The number of rotatable bonds is 5. The normalized spacial score (nSPS) is 42.6. The summed E-state index contributed by atoms with van der Waals surface area (Å²) in [4.78, 5) is 23.0. The molecule has 0 aromatic rings. The zero-order chi connectivity index (χ0) is 17.3. The van der Waals surface area contributed by atoms with Crippen molar-refractivity contribution in [1.82, 2.24) is 0 Å². The van der Waals surface area contributed by atoms with Gasteiger partial charge in [0.25, 0.3) is 5.78 Å². The smallest absolute Gasteiger partial charge is 0.378 e. The van der Waals surface area contributed by atoms with Gasteiger partial charge in [0.1, 0.15) is 30.5 Å². The van der Waals surface area contributed by atoms with Crippen LogP contribution in [0, 0.1) is 0 Å². The van der Waals surface area contributed by atoms with Gasteiger partial charge in [-0.2, -0.15) is 0 Å². The minimum absolute atomic E-state index is 0.707. The van der Waals surface area contributed by atoms with Gasteiger partial charge in [-0.15, -0.1) is 0 Å². The van der Waals surface area contributed by atoms with Crippen LogP contribution in [0.4, 0.5) is 0 Å². The second kappa shape index (κ2) is 7.15. The lowest BCUT2D eigenvalue weighted by Crippen LogP contribution is -2.60. The minimum Gasteiger partial charge on any atom is -0.450 e. The standard InChI is InChI=1S/C12H18O11/c13-1-3(15)9-10(8(19)11(20)22-9)23-12-7(18)6(17)5(16)4(2-14)21-12/h3-7,9-10,12-18H,1-2H2/t3-,4+,5-,6-,7+,9+,10?,12?/m0/s1. The topological polar surface area (TPSA) is 183 Å². The van der Waals surface area contributed by atoms with E-state index >= 15 is 0 Å². The zero-order valence-corrected chi connectivity index (χ0v) is 11.8. The summed E-state index contributed by atoms with van der Waals surface area (Å²) in [5, 5.41) is 56.6. The maximum atomic E-state index is 11.7. The quantitative estimate of drug-likeness (QED) is 0.208. The van der Waals surface area contributed by atoms with Gasteiger partial charge in [0.05, 0.1) is 13.2 Å². The number of hydrogen-bond donors (Lipinski definition) is 6. The van der Waals surface area contributed by atoms with Crippen molar-refractivity contribution in [2.75, 3.05) is 13.2 Å². The third kappa shape index (κ3) is 3.36. The van der Waals surface area contributed by atoms with E-state index in [0.29, 0.717) is 0 Å². The van der Waals surface area contributed by atoms with Crippen molar-refractivity contribution >= 4 is 11.8 Å². The van der Waals surface area contributed by atoms with Crippen molar-refractivity contribution in [1.29, 1.82) is 0 Å². The number of ketones is 1. The van der Waals surface area contributed by atoms with Gasteiger partial charge in [0.2, 0.25) is 0 Å². The van der Waals surface area contributed by atoms with E-state index in [1.54, 1.807) is 0 Å². The SMILES string of the molecule is O=C1O[C@H]([C@@H](O)CO)C(OC2O[C@H](CO)[C@H](O)[C@H](O)[C@H]2O)C1=O. The number of cyclic esters (lactones) is 1. The van der Waals surface area contributed by atoms with Crippen LogP contribution >= 0.6 is 0 Å². The summed E-state index contributed by atoms with van der Waals surface area (Å²) in [5.41, 5.74) is 0. The summed E-state index contributed by atoms with van der Waals surface area (Å²) in [7, 11) is 0. The Balaban J connectivity index is 2.15. The van der Waals surface area contributed by atoms with Crippen molar-refractivity contribution in [3.05, 3.63) is 0 Å². The van der Waals surface area contributed by atoms with Crippen LogP contribution in [-0.2, 0) is 23.8 Å². The second-order valence-electron chi connectivity index (χ2n) is 5.24. The average Bonchev–Trinajstić information content (AvgIpc) is 2.82. The monoisotopic (exact) mass is 338 g/mol. The van der Waals surface area contributed by atoms with Crippen LogP contribution in [0.2, 0.25) is 0 Å². The Morgan fingerprint density at radius 2 is 1.74 bits per heavy atom. The first kappa shape index (κ1) is 18.2. The molecule has 132 valence electrons. The van der Waals surface area contributed by atoms with Crippen LogP contribution in [0.15, 0.2) is 0 Å². The molecule has 11 heteroatoms. The molecule has 11 nitrogen and oxygen atoms in total. The highest BCUT2D eigenvalue weighted by atomic mass is 16.7.